The van der Waals surface area contributed by atoms with Gasteiger partial charge in [-0.1, -0.05) is 13.8 Å². The van der Waals surface area contributed by atoms with Crippen LogP contribution in [0.15, 0.2) is 0 Å². The molecule has 94 valence electrons. The van der Waals surface area contributed by atoms with Gasteiger partial charge in [-0.3, -0.25) is 14.5 Å². The van der Waals surface area contributed by atoms with Crippen LogP contribution in [-0.4, -0.2) is 53.3 Å². The molecule has 6 nitrogen and oxygen atoms in total. The number of likely N-dealkylation sites (tertiary alicyclic amines) is 1. The van der Waals surface area contributed by atoms with Crippen molar-refractivity contribution in [3.63, 3.8) is 0 Å². The minimum Gasteiger partial charge on any atom is -0.340 e. The predicted molar refractivity (Wildman–Crippen MR) is 60.1 cm³/mol. The van der Waals surface area contributed by atoms with Crippen molar-refractivity contribution >= 4 is 17.8 Å². The molecule has 2 fully saturated rings. The number of nitrogens with zero attached hydrogens (tertiary/aromatic N) is 2. The van der Waals surface area contributed by atoms with Crippen LogP contribution < -0.4 is 5.32 Å². The van der Waals surface area contributed by atoms with Crippen molar-refractivity contribution in [2.75, 3.05) is 19.6 Å². The smallest absolute Gasteiger partial charge is 0.324 e. The fourth-order valence-electron chi connectivity index (χ4n) is 2.32. The minimum atomic E-state index is -0.334. The molecule has 1 unspecified atom stereocenters. The van der Waals surface area contributed by atoms with Crippen LogP contribution in [-0.2, 0) is 9.59 Å². The third-order valence-electron chi connectivity index (χ3n) is 3.21. The molecule has 0 aliphatic carbocycles. The normalized spacial score (nSPS) is 24.8. The molecule has 2 aliphatic rings. The first kappa shape index (κ1) is 11.9. The summed E-state index contributed by atoms with van der Waals surface area (Å²) in [6.45, 7) is 4.87. The Labute approximate surface area is 99.9 Å². The van der Waals surface area contributed by atoms with Gasteiger partial charge < -0.3 is 10.2 Å². The highest BCUT2D eigenvalue weighted by Gasteiger charge is 2.39. The lowest BCUT2D eigenvalue weighted by Crippen LogP contribution is -2.43. The van der Waals surface area contributed by atoms with E-state index in [9.17, 15) is 14.4 Å². The predicted octanol–water partition coefficient (Wildman–Crippen LogP) is -0.205. The SMILES string of the molecule is CC(C)C(=O)N1CCC(N2C(=O)CNC2=O)C1. The Morgan fingerprint density at radius 3 is 2.65 bits per heavy atom. The fourth-order valence-corrected chi connectivity index (χ4v) is 2.32. The number of hydrogen-bond donors (Lipinski definition) is 1. The zero-order valence-electron chi connectivity index (χ0n) is 10.1. The zero-order chi connectivity index (χ0) is 12.6. The average molecular weight is 239 g/mol. The maximum atomic E-state index is 11.8. The summed E-state index contributed by atoms with van der Waals surface area (Å²) in [5, 5.41) is 2.50. The summed E-state index contributed by atoms with van der Waals surface area (Å²) in [5.74, 6) is -0.157. The summed E-state index contributed by atoms with van der Waals surface area (Å²) in [4.78, 5) is 37.8. The molecular weight excluding hydrogens is 222 g/mol. The van der Waals surface area contributed by atoms with Crippen molar-refractivity contribution in [2.45, 2.75) is 26.3 Å². The maximum absolute atomic E-state index is 11.8. The lowest BCUT2D eigenvalue weighted by molar-refractivity contribution is -0.134. The quantitative estimate of drug-likeness (QED) is 0.678. The number of hydrogen-bond acceptors (Lipinski definition) is 3. The molecule has 0 saturated carbocycles. The molecule has 4 amide bonds. The summed E-state index contributed by atoms with van der Waals surface area (Å²) < 4.78 is 0. The molecule has 0 aromatic heterocycles. The molecule has 6 heteroatoms. The molecule has 0 aromatic rings. The van der Waals surface area contributed by atoms with Crippen molar-refractivity contribution in [3.05, 3.63) is 0 Å². The minimum absolute atomic E-state index is 0.0446. The Morgan fingerprint density at radius 1 is 1.41 bits per heavy atom. The van der Waals surface area contributed by atoms with Crippen LogP contribution in [0.1, 0.15) is 20.3 Å². The van der Waals surface area contributed by atoms with E-state index < -0.39 is 0 Å². The zero-order valence-corrected chi connectivity index (χ0v) is 10.1. The summed E-state index contributed by atoms with van der Waals surface area (Å²) in [7, 11) is 0. The first-order valence-corrected chi connectivity index (χ1v) is 5.89. The summed E-state index contributed by atoms with van der Waals surface area (Å²) >= 11 is 0. The van der Waals surface area contributed by atoms with Crippen LogP contribution >= 0.6 is 0 Å². The summed E-state index contributed by atoms with van der Waals surface area (Å²) in [5.41, 5.74) is 0. The van der Waals surface area contributed by atoms with Crippen LogP contribution in [0.3, 0.4) is 0 Å². The number of carbonyl (C=O) groups is 3. The topological polar surface area (TPSA) is 69.7 Å². The van der Waals surface area contributed by atoms with E-state index in [0.29, 0.717) is 19.5 Å². The van der Waals surface area contributed by atoms with Crippen molar-refractivity contribution < 1.29 is 14.4 Å². The highest BCUT2D eigenvalue weighted by molar-refractivity contribution is 6.02. The van der Waals surface area contributed by atoms with Gasteiger partial charge in [0.15, 0.2) is 0 Å². The van der Waals surface area contributed by atoms with Gasteiger partial charge in [-0.2, -0.15) is 0 Å². The van der Waals surface area contributed by atoms with E-state index in [0.717, 1.165) is 0 Å². The van der Waals surface area contributed by atoms with Crippen LogP contribution in [0, 0.1) is 5.92 Å². The van der Waals surface area contributed by atoms with Crippen molar-refractivity contribution in [2.24, 2.45) is 5.92 Å². The van der Waals surface area contributed by atoms with E-state index in [4.69, 9.17) is 0 Å². The Hall–Kier alpha value is -1.59. The Bertz CT molecular complexity index is 351. The third-order valence-corrected chi connectivity index (χ3v) is 3.21. The Balaban J connectivity index is 2.00. The molecule has 1 N–H and O–H groups in total. The first-order chi connectivity index (χ1) is 8.00. The number of urea groups is 1. The van der Waals surface area contributed by atoms with E-state index in [1.54, 1.807) is 4.90 Å². The molecule has 0 bridgehead atoms. The molecule has 0 aromatic carbocycles. The second-order valence-electron chi connectivity index (χ2n) is 4.80. The first-order valence-electron chi connectivity index (χ1n) is 5.89. The molecule has 1 atom stereocenters. The van der Waals surface area contributed by atoms with E-state index in [2.05, 4.69) is 5.32 Å². The van der Waals surface area contributed by atoms with Gasteiger partial charge in [0.05, 0.1) is 12.6 Å². The highest BCUT2D eigenvalue weighted by Crippen LogP contribution is 2.19. The molecule has 0 radical (unpaired) electrons. The van der Waals surface area contributed by atoms with E-state index in [1.807, 2.05) is 13.8 Å². The number of amides is 4. The number of imide groups is 1. The molecule has 0 spiro atoms. The van der Waals surface area contributed by atoms with Gasteiger partial charge >= 0.3 is 6.03 Å². The van der Waals surface area contributed by atoms with E-state index in [-0.39, 0.29) is 36.3 Å². The summed E-state index contributed by atoms with van der Waals surface area (Å²) in [6.07, 6.45) is 0.678. The van der Waals surface area contributed by atoms with Crippen molar-refractivity contribution in [1.29, 1.82) is 0 Å². The number of nitrogens with one attached hydrogen (secondary N) is 1. The Kier molecular flexibility index (Phi) is 3.04. The molecular formula is C11H17N3O3. The van der Waals surface area contributed by atoms with Crippen LogP contribution in [0.5, 0.6) is 0 Å². The van der Waals surface area contributed by atoms with Gasteiger partial charge in [-0.05, 0) is 6.42 Å². The molecule has 2 heterocycles. The van der Waals surface area contributed by atoms with Crippen LogP contribution in [0.25, 0.3) is 0 Å². The van der Waals surface area contributed by atoms with Crippen molar-refractivity contribution in [1.82, 2.24) is 15.1 Å². The second-order valence-corrected chi connectivity index (χ2v) is 4.80. The molecule has 2 rings (SSSR count). The maximum Gasteiger partial charge on any atom is 0.324 e. The van der Waals surface area contributed by atoms with Gasteiger partial charge in [-0.25, -0.2) is 4.79 Å². The van der Waals surface area contributed by atoms with Gasteiger partial charge in [0.1, 0.15) is 0 Å². The van der Waals surface area contributed by atoms with Crippen molar-refractivity contribution in [3.8, 4) is 0 Å². The van der Waals surface area contributed by atoms with Crippen LogP contribution in [0.4, 0.5) is 4.79 Å². The number of rotatable bonds is 2. The van der Waals surface area contributed by atoms with Gasteiger partial charge in [0.25, 0.3) is 0 Å². The van der Waals surface area contributed by atoms with Gasteiger partial charge in [0.2, 0.25) is 11.8 Å². The molecule has 2 aliphatic heterocycles. The van der Waals surface area contributed by atoms with Gasteiger partial charge in [-0.15, -0.1) is 0 Å². The largest absolute Gasteiger partial charge is 0.340 e. The number of carbonyl (C=O) groups excluding carboxylic acids is 3. The lowest BCUT2D eigenvalue weighted by Gasteiger charge is -2.22. The molecule has 17 heavy (non-hydrogen) atoms. The Morgan fingerprint density at radius 2 is 2.12 bits per heavy atom. The van der Waals surface area contributed by atoms with Gasteiger partial charge in [0, 0.05) is 19.0 Å². The van der Waals surface area contributed by atoms with E-state index >= 15 is 0 Å². The monoisotopic (exact) mass is 239 g/mol. The fraction of sp³-hybridized carbons (Fsp3) is 0.727. The van der Waals surface area contributed by atoms with E-state index in [1.165, 1.54) is 4.90 Å². The average Bonchev–Trinajstić information content (AvgIpc) is 2.85. The third kappa shape index (κ3) is 2.11. The standard InChI is InChI=1S/C11H17N3O3/c1-7(2)10(16)13-4-3-8(6-13)14-9(15)5-12-11(14)17/h7-8H,3-6H2,1-2H3,(H,12,17). The molecule has 2 saturated heterocycles. The lowest BCUT2D eigenvalue weighted by atomic mass is 10.2. The summed E-state index contributed by atoms with van der Waals surface area (Å²) in [6, 6.07) is -0.494. The highest BCUT2D eigenvalue weighted by atomic mass is 16.2. The van der Waals surface area contributed by atoms with Crippen LogP contribution in [0.2, 0.25) is 0 Å². The second kappa shape index (κ2) is 4.35.